The third-order valence-electron chi connectivity index (χ3n) is 6.61. The molecule has 0 atom stereocenters. The van der Waals surface area contributed by atoms with E-state index in [1.165, 1.54) is 0 Å². The summed E-state index contributed by atoms with van der Waals surface area (Å²) < 4.78 is 14.8. The number of nitrogens with zero attached hydrogens (tertiary/aromatic N) is 5. The standard InChI is InChI=1S/C26H29N5O4/c1-29(2)24(32)10-13-35-23-7-5-18(15-28-23)17-4-6-21-20(14-17)25-22(16-27-21)30(3)26(33)31(25)19-8-11-34-12-9-19/h4-7,14-16,19H,8-13H2,1-3H3. The molecule has 1 aromatic carbocycles. The first-order valence-corrected chi connectivity index (χ1v) is 11.8. The number of carbonyl (C=O) groups excluding carboxylic acids is 1. The van der Waals surface area contributed by atoms with Crippen molar-refractivity contribution in [3.63, 3.8) is 0 Å². The smallest absolute Gasteiger partial charge is 0.329 e. The number of pyridine rings is 2. The van der Waals surface area contributed by atoms with Crippen LogP contribution >= 0.6 is 0 Å². The quantitative estimate of drug-likeness (QED) is 0.425. The van der Waals surface area contributed by atoms with E-state index in [1.54, 1.807) is 49.1 Å². The van der Waals surface area contributed by atoms with Gasteiger partial charge in [-0.15, -0.1) is 0 Å². The molecular weight excluding hydrogens is 446 g/mol. The first-order valence-electron chi connectivity index (χ1n) is 11.8. The van der Waals surface area contributed by atoms with Gasteiger partial charge in [-0.2, -0.15) is 0 Å². The van der Waals surface area contributed by atoms with Crippen molar-refractivity contribution in [2.45, 2.75) is 25.3 Å². The van der Waals surface area contributed by atoms with E-state index < -0.39 is 0 Å². The summed E-state index contributed by atoms with van der Waals surface area (Å²) in [5, 5.41) is 0.937. The predicted molar refractivity (Wildman–Crippen MR) is 134 cm³/mol. The monoisotopic (exact) mass is 475 g/mol. The number of carbonyl (C=O) groups is 1. The Morgan fingerprint density at radius 2 is 1.89 bits per heavy atom. The van der Waals surface area contributed by atoms with Crippen LogP contribution in [0.3, 0.4) is 0 Å². The molecule has 1 amide bonds. The van der Waals surface area contributed by atoms with Crippen molar-refractivity contribution < 1.29 is 14.3 Å². The molecule has 0 spiro atoms. The van der Waals surface area contributed by atoms with Crippen molar-refractivity contribution in [3.05, 3.63) is 53.2 Å². The highest BCUT2D eigenvalue weighted by molar-refractivity contribution is 6.04. The number of hydrogen-bond donors (Lipinski definition) is 0. The van der Waals surface area contributed by atoms with Gasteiger partial charge >= 0.3 is 5.69 Å². The van der Waals surface area contributed by atoms with Crippen LogP contribution in [-0.2, 0) is 16.6 Å². The Bertz CT molecular complexity index is 1430. The van der Waals surface area contributed by atoms with Gasteiger partial charge in [-0.25, -0.2) is 9.78 Å². The molecule has 35 heavy (non-hydrogen) atoms. The highest BCUT2D eigenvalue weighted by Gasteiger charge is 2.23. The molecule has 0 radical (unpaired) electrons. The van der Waals surface area contributed by atoms with Gasteiger partial charge in [0, 0.05) is 63.6 Å². The second-order valence-electron chi connectivity index (χ2n) is 9.05. The number of aryl methyl sites for hydroxylation is 1. The van der Waals surface area contributed by atoms with Gasteiger partial charge in [-0.1, -0.05) is 6.07 Å². The van der Waals surface area contributed by atoms with E-state index in [4.69, 9.17) is 9.47 Å². The number of fused-ring (bicyclic) bond motifs is 3. The molecule has 5 rings (SSSR count). The Morgan fingerprint density at radius 3 is 2.60 bits per heavy atom. The molecule has 9 nitrogen and oxygen atoms in total. The minimum atomic E-state index is -0.0254. The molecule has 1 saturated heterocycles. The normalized spacial score (nSPS) is 14.5. The minimum Gasteiger partial charge on any atom is -0.477 e. The van der Waals surface area contributed by atoms with Gasteiger partial charge in [0.05, 0.1) is 35.8 Å². The molecule has 0 N–H and O–H groups in total. The fraction of sp³-hybridized carbons (Fsp3) is 0.385. The van der Waals surface area contributed by atoms with Crippen molar-refractivity contribution in [2.75, 3.05) is 33.9 Å². The van der Waals surface area contributed by atoms with Gasteiger partial charge in [0.1, 0.15) is 0 Å². The van der Waals surface area contributed by atoms with Gasteiger partial charge in [-0.3, -0.25) is 18.9 Å². The van der Waals surface area contributed by atoms with Crippen LogP contribution in [0.5, 0.6) is 5.88 Å². The van der Waals surface area contributed by atoms with Crippen LogP contribution in [0.25, 0.3) is 33.1 Å². The maximum Gasteiger partial charge on any atom is 0.329 e. The van der Waals surface area contributed by atoms with Crippen LogP contribution in [0.1, 0.15) is 25.3 Å². The number of rotatable bonds is 6. The SMILES string of the molecule is CN(C)C(=O)CCOc1ccc(-c2ccc3ncc4c(c3c2)n(C2CCOCC2)c(=O)n4C)cn1. The molecule has 0 bridgehead atoms. The fourth-order valence-corrected chi connectivity index (χ4v) is 4.59. The largest absolute Gasteiger partial charge is 0.477 e. The summed E-state index contributed by atoms with van der Waals surface area (Å²) >= 11 is 0. The summed E-state index contributed by atoms with van der Waals surface area (Å²) in [7, 11) is 5.24. The zero-order valence-corrected chi connectivity index (χ0v) is 20.2. The highest BCUT2D eigenvalue weighted by atomic mass is 16.5. The van der Waals surface area contributed by atoms with Crippen LogP contribution in [0.15, 0.2) is 47.5 Å². The van der Waals surface area contributed by atoms with Crippen LogP contribution in [0.4, 0.5) is 0 Å². The molecule has 1 aliphatic heterocycles. The third kappa shape index (κ3) is 4.39. The van der Waals surface area contributed by atoms with Crippen molar-refractivity contribution >= 4 is 27.8 Å². The predicted octanol–water partition coefficient (Wildman–Crippen LogP) is 3.16. The zero-order chi connectivity index (χ0) is 24.5. The lowest BCUT2D eigenvalue weighted by Crippen LogP contribution is -2.29. The number of ether oxygens (including phenoxy) is 2. The lowest BCUT2D eigenvalue weighted by atomic mass is 10.0. The fourth-order valence-electron chi connectivity index (χ4n) is 4.59. The van der Waals surface area contributed by atoms with Crippen molar-refractivity contribution in [1.29, 1.82) is 0 Å². The summed E-state index contributed by atoms with van der Waals surface area (Å²) in [6.07, 6.45) is 5.47. The lowest BCUT2D eigenvalue weighted by molar-refractivity contribution is -0.129. The minimum absolute atomic E-state index is 0.0119. The number of benzene rings is 1. The first kappa shape index (κ1) is 23.0. The highest BCUT2D eigenvalue weighted by Crippen LogP contribution is 2.32. The second-order valence-corrected chi connectivity index (χ2v) is 9.05. The van der Waals surface area contributed by atoms with Gasteiger partial charge in [0.15, 0.2) is 0 Å². The van der Waals surface area contributed by atoms with E-state index in [0.29, 0.717) is 25.5 Å². The van der Waals surface area contributed by atoms with Crippen LogP contribution in [0, 0.1) is 0 Å². The Labute approximate surface area is 202 Å². The summed E-state index contributed by atoms with van der Waals surface area (Å²) in [5.74, 6) is 0.486. The maximum atomic E-state index is 13.2. The molecule has 182 valence electrons. The van der Waals surface area contributed by atoms with E-state index in [0.717, 1.165) is 45.9 Å². The molecule has 4 heterocycles. The molecule has 4 aromatic rings. The van der Waals surface area contributed by atoms with Crippen molar-refractivity contribution in [1.82, 2.24) is 24.0 Å². The Kier molecular flexibility index (Phi) is 6.25. The van der Waals surface area contributed by atoms with Crippen molar-refractivity contribution in [3.8, 4) is 17.0 Å². The number of imidazole rings is 1. The molecule has 0 unspecified atom stereocenters. The molecular formula is C26H29N5O4. The Balaban J connectivity index is 1.49. The van der Waals surface area contributed by atoms with Gasteiger partial charge < -0.3 is 14.4 Å². The van der Waals surface area contributed by atoms with E-state index in [2.05, 4.69) is 16.0 Å². The van der Waals surface area contributed by atoms with E-state index in [1.807, 2.05) is 22.8 Å². The van der Waals surface area contributed by atoms with E-state index in [9.17, 15) is 9.59 Å². The van der Waals surface area contributed by atoms with Crippen LogP contribution in [-0.4, -0.2) is 63.8 Å². The molecule has 1 fully saturated rings. The second kappa shape index (κ2) is 9.50. The summed E-state index contributed by atoms with van der Waals surface area (Å²) in [6, 6.07) is 9.92. The lowest BCUT2D eigenvalue weighted by Gasteiger charge is -2.23. The zero-order valence-electron chi connectivity index (χ0n) is 20.2. The van der Waals surface area contributed by atoms with Gasteiger partial charge in [0.2, 0.25) is 11.8 Å². The molecule has 9 heteroatoms. The number of amides is 1. The Morgan fingerprint density at radius 1 is 1.11 bits per heavy atom. The number of aromatic nitrogens is 4. The van der Waals surface area contributed by atoms with Gasteiger partial charge in [-0.05, 0) is 36.6 Å². The van der Waals surface area contributed by atoms with E-state index >= 15 is 0 Å². The summed E-state index contributed by atoms with van der Waals surface area (Å²) in [4.78, 5) is 35.5. The Hall–Kier alpha value is -3.72. The number of hydrogen-bond acceptors (Lipinski definition) is 6. The summed E-state index contributed by atoms with van der Waals surface area (Å²) in [5.41, 5.74) is 4.45. The molecule has 0 saturated carbocycles. The van der Waals surface area contributed by atoms with Crippen molar-refractivity contribution in [2.24, 2.45) is 7.05 Å². The third-order valence-corrected chi connectivity index (χ3v) is 6.61. The van der Waals surface area contributed by atoms with E-state index in [-0.39, 0.29) is 24.2 Å². The maximum absolute atomic E-state index is 13.2. The van der Waals surface area contributed by atoms with Crippen LogP contribution < -0.4 is 10.4 Å². The molecule has 0 aliphatic carbocycles. The average molecular weight is 476 g/mol. The molecule has 3 aromatic heterocycles. The summed E-state index contributed by atoms with van der Waals surface area (Å²) in [6.45, 7) is 1.59. The van der Waals surface area contributed by atoms with Crippen LogP contribution in [0.2, 0.25) is 0 Å². The first-order chi connectivity index (χ1) is 16.9. The topological polar surface area (TPSA) is 91.5 Å². The molecule has 1 aliphatic rings. The van der Waals surface area contributed by atoms with Gasteiger partial charge in [0.25, 0.3) is 0 Å². The average Bonchev–Trinajstić information content (AvgIpc) is 3.14.